The summed E-state index contributed by atoms with van der Waals surface area (Å²) in [7, 11) is -4.03. The zero-order chi connectivity index (χ0) is 15.6. The summed E-state index contributed by atoms with van der Waals surface area (Å²) in [5, 5.41) is 7.25. The lowest BCUT2D eigenvalue weighted by Crippen LogP contribution is -2.18. The van der Waals surface area contributed by atoms with Gasteiger partial charge >= 0.3 is 5.97 Å². The Balaban J connectivity index is 2.37. The number of carbonyl (C=O) groups is 1. The van der Waals surface area contributed by atoms with E-state index in [4.69, 9.17) is 16.3 Å². The number of aryl methyl sites for hydroxylation is 1. The van der Waals surface area contributed by atoms with Crippen LogP contribution in [0.2, 0.25) is 4.34 Å². The Morgan fingerprint density at radius 1 is 1.57 bits per heavy atom. The number of hydrogen-bond acceptors (Lipinski definition) is 6. The van der Waals surface area contributed by atoms with Crippen molar-refractivity contribution in [3.8, 4) is 0 Å². The molecular formula is C11H12ClN3O4S2. The van der Waals surface area contributed by atoms with Gasteiger partial charge in [-0.3, -0.25) is 9.82 Å². The molecule has 2 aromatic rings. The van der Waals surface area contributed by atoms with Gasteiger partial charge in [0.1, 0.15) is 9.90 Å². The molecule has 2 heterocycles. The molecule has 0 atom stereocenters. The molecule has 0 aliphatic carbocycles. The van der Waals surface area contributed by atoms with Crippen LogP contribution >= 0.6 is 22.9 Å². The Bertz CT molecular complexity index is 747. The van der Waals surface area contributed by atoms with Crippen LogP contribution in [0, 0.1) is 6.92 Å². The average molecular weight is 350 g/mol. The van der Waals surface area contributed by atoms with Gasteiger partial charge in [0.15, 0.2) is 5.03 Å². The number of H-pyrrole nitrogens is 1. The van der Waals surface area contributed by atoms with Crippen LogP contribution < -0.4 is 4.72 Å². The van der Waals surface area contributed by atoms with Crippen molar-refractivity contribution in [1.29, 1.82) is 0 Å². The first-order valence-corrected chi connectivity index (χ1v) is 8.57. The Morgan fingerprint density at radius 2 is 2.29 bits per heavy atom. The maximum Gasteiger partial charge on any atom is 0.342 e. The number of halogens is 1. The highest BCUT2D eigenvalue weighted by Gasteiger charge is 2.27. The first kappa shape index (κ1) is 15.8. The highest BCUT2D eigenvalue weighted by molar-refractivity contribution is 7.92. The van der Waals surface area contributed by atoms with Gasteiger partial charge in [-0.15, -0.1) is 11.3 Å². The fourth-order valence-electron chi connectivity index (χ4n) is 1.55. The van der Waals surface area contributed by atoms with Crippen molar-refractivity contribution in [2.24, 2.45) is 0 Å². The van der Waals surface area contributed by atoms with Gasteiger partial charge in [0.2, 0.25) is 0 Å². The van der Waals surface area contributed by atoms with E-state index < -0.39 is 16.0 Å². The largest absolute Gasteiger partial charge is 0.462 e. The predicted octanol–water partition coefficient (Wildman–Crippen LogP) is 2.41. The van der Waals surface area contributed by atoms with E-state index in [2.05, 4.69) is 14.9 Å². The van der Waals surface area contributed by atoms with Crippen LogP contribution in [-0.4, -0.2) is 31.2 Å². The SMILES string of the molecule is CCOC(=O)c1cn[nH]c1S(=O)(=O)Nc1c(C)csc1Cl. The lowest BCUT2D eigenvalue weighted by atomic mass is 10.3. The molecule has 0 spiro atoms. The van der Waals surface area contributed by atoms with E-state index in [1.165, 1.54) is 11.3 Å². The van der Waals surface area contributed by atoms with Crippen molar-refractivity contribution in [2.45, 2.75) is 18.9 Å². The van der Waals surface area contributed by atoms with Gasteiger partial charge in [0.05, 0.1) is 18.5 Å². The second-order valence-corrected chi connectivity index (χ2v) is 7.11. The molecule has 2 N–H and O–H groups in total. The molecule has 0 amide bonds. The molecule has 0 unspecified atom stereocenters. The maximum atomic E-state index is 12.4. The summed E-state index contributed by atoms with van der Waals surface area (Å²) in [6.07, 6.45) is 1.11. The first-order valence-electron chi connectivity index (χ1n) is 5.83. The van der Waals surface area contributed by atoms with Crippen molar-refractivity contribution in [1.82, 2.24) is 10.2 Å². The van der Waals surface area contributed by atoms with E-state index in [0.29, 0.717) is 9.90 Å². The quantitative estimate of drug-likeness (QED) is 0.807. The average Bonchev–Trinajstić information content (AvgIpc) is 3.02. The Hall–Kier alpha value is -1.58. The first-order chi connectivity index (χ1) is 9.86. The van der Waals surface area contributed by atoms with Gasteiger partial charge in [-0.1, -0.05) is 11.6 Å². The van der Waals surface area contributed by atoms with Crippen LogP contribution in [0.1, 0.15) is 22.8 Å². The van der Waals surface area contributed by atoms with Crippen molar-refractivity contribution < 1.29 is 17.9 Å². The van der Waals surface area contributed by atoms with E-state index in [1.54, 1.807) is 19.2 Å². The number of hydrogen-bond donors (Lipinski definition) is 2. The van der Waals surface area contributed by atoms with Crippen LogP contribution in [0.15, 0.2) is 16.6 Å². The van der Waals surface area contributed by atoms with E-state index in [9.17, 15) is 13.2 Å². The Labute approximate surface area is 130 Å². The molecular weight excluding hydrogens is 338 g/mol. The minimum absolute atomic E-state index is 0.131. The summed E-state index contributed by atoms with van der Waals surface area (Å²) < 4.78 is 32.2. The number of aromatic nitrogens is 2. The second kappa shape index (κ2) is 6.04. The molecule has 2 aromatic heterocycles. The molecule has 0 fully saturated rings. The molecule has 0 aromatic carbocycles. The summed E-state index contributed by atoms with van der Waals surface area (Å²) in [5.74, 6) is -0.764. The third kappa shape index (κ3) is 3.20. The van der Waals surface area contributed by atoms with Crippen LogP contribution in [-0.2, 0) is 14.8 Å². The lowest BCUT2D eigenvalue weighted by molar-refractivity contribution is 0.0522. The number of nitrogens with zero attached hydrogens (tertiary/aromatic N) is 1. The summed E-state index contributed by atoms with van der Waals surface area (Å²) >= 11 is 7.15. The molecule has 0 saturated heterocycles. The van der Waals surface area contributed by atoms with Crippen LogP contribution in [0.4, 0.5) is 5.69 Å². The number of esters is 1. The zero-order valence-corrected chi connectivity index (χ0v) is 13.5. The smallest absolute Gasteiger partial charge is 0.342 e. The Kier molecular flexibility index (Phi) is 4.55. The second-order valence-electron chi connectivity index (χ2n) is 4.01. The number of carbonyl (C=O) groups excluding carboxylic acids is 1. The molecule has 0 saturated carbocycles. The minimum atomic E-state index is -4.03. The molecule has 10 heteroatoms. The number of ether oxygens (including phenoxy) is 1. The highest BCUT2D eigenvalue weighted by Crippen LogP contribution is 2.34. The number of aromatic amines is 1. The molecule has 0 aliphatic rings. The van der Waals surface area contributed by atoms with Crippen LogP contribution in [0.5, 0.6) is 0 Å². The minimum Gasteiger partial charge on any atom is -0.462 e. The molecule has 0 aliphatic heterocycles. The third-order valence-corrected chi connectivity index (χ3v) is 5.20. The molecule has 0 radical (unpaired) electrons. The number of sulfonamides is 1. The zero-order valence-electron chi connectivity index (χ0n) is 11.1. The van der Waals surface area contributed by atoms with E-state index in [0.717, 1.165) is 6.20 Å². The van der Waals surface area contributed by atoms with Crippen molar-refractivity contribution >= 4 is 44.6 Å². The normalized spacial score (nSPS) is 11.4. The molecule has 2 rings (SSSR count). The molecule has 0 bridgehead atoms. The molecule has 114 valence electrons. The summed E-state index contributed by atoms with van der Waals surface area (Å²) in [6.45, 7) is 3.48. The summed E-state index contributed by atoms with van der Waals surface area (Å²) in [6, 6.07) is 0. The Morgan fingerprint density at radius 3 is 2.86 bits per heavy atom. The van der Waals surface area contributed by atoms with Crippen LogP contribution in [0.3, 0.4) is 0 Å². The van der Waals surface area contributed by atoms with E-state index in [1.807, 2.05) is 0 Å². The number of anilines is 1. The van der Waals surface area contributed by atoms with Gasteiger partial charge in [0.25, 0.3) is 10.0 Å². The van der Waals surface area contributed by atoms with Gasteiger partial charge < -0.3 is 4.74 Å². The topological polar surface area (TPSA) is 101 Å². The monoisotopic (exact) mass is 349 g/mol. The number of thiophene rings is 1. The van der Waals surface area contributed by atoms with Crippen molar-refractivity contribution in [2.75, 3.05) is 11.3 Å². The lowest BCUT2D eigenvalue weighted by Gasteiger charge is -2.08. The standard InChI is InChI=1S/C11H12ClN3O4S2/c1-3-19-11(16)7-4-13-14-10(7)21(17,18)15-8-6(2)5-20-9(8)12/h4-5,15H,3H2,1-2H3,(H,13,14). The fraction of sp³-hybridized carbons (Fsp3) is 0.273. The summed E-state index contributed by atoms with van der Waals surface area (Å²) in [5.41, 5.74) is 0.810. The predicted molar refractivity (Wildman–Crippen MR) is 79.4 cm³/mol. The van der Waals surface area contributed by atoms with Gasteiger partial charge in [-0.2, -0.15) is 13.5 Å². The van der Waals surface area contributed by atoms with Gasteiger partial charge in [-0.25, -0.2) is 4.79 Å². The highest BCUT2D eigenvalue weighted by atomic mass is 35.5. The number of rotatable bonds is 5. The van der Waals surface area contributed by atoms with Crippen LogP contribution in [0.25, 0.3) is 0 Å². The maximum absolute atomic E-state index is 12.4. The van der Waals surface area contributed by atoms with E-state index in [-0.39, 0.29) is 22.9 Å². The van der Waals surface area contributed by atoms with E-state index >= 15 is 0 Å². The molecule has 21 heavy (non-hydrogen) atoms. The molecule has 7 nitrogen and oxygen atoms in total. The third-order valence-electron chi connectivity index (χ3n) is 2.53. The van der Waals surface area contributed by atoms with Crippen molar-refractivity contribution in [3.05, 3.63) is 27.0 Å². The summed E-state index contributed by atoms with van der Waals surface area (Å²) in [4.78, 5) is 11.7. The van der Waals surface area contributed by atoms with Gasteiger partial charge in [0, 0.05) is 0 Å². The van der Waals surface area contributed by atoms with Crippen molar-refractivity contribution in [3.63, 3.8) is 0 Å². The number of nitrogens with one attached hydrogen (secondary N) is 2. The van der Waals surface area contributed by atoms with Gasteiger partial charge in [-0.05, 0) is 24.8 Å². The fourth-order valence-corrected chi connectivity index (χ4v) is 3.96.